The van der Waals surface area contributed by atoms with Crippen LogP contribution in [0.1, 0.15) is 23.6 Å². The molecule has 0 aliphatic carbocycles. The predicted octanol–water partition coefficient (Wildman–Crippen LogP) is 5.97. The molecule has 1 aliphatic rings. The third-order valence-corrected chi connectivity index (χ3v) is 5.15. The molecule has 0 unspecified atom stereocenters. The zero-order valence-corrected chi connectivity index (χ0v) is 16.6. The summed E-state index contributed by atoms with van der Waals surface area (Å²) in [6.07, 6.45) is 1.85. The van der Waals surface area contributed by atoms with Crippen LogP contribution in [-0.2, 0) is 11.4 Å². The highest BCUT2D eigenvalue weighted by Gasteiger charge is 2.30. The summed E-state index contributed by atoms with van der Waals surface area (Å²) in [6.45, 7) is 2.86. The Bertz CT molecular complexity index is 1090. The van der Waals surface area contributed by atoms with Crippen LogP contribution in [0.4, 0.5) is 10.1 Å². The van der Waals surface area contributed by atoms with Crippen molar-refractivity contribution in [3.05, 3.63) is 94.3 Å². The molecular formula is C24H19ClFNO2. The van der Waals surface area contributed by atoms with Gasteiger partial charge in [-0.25, -0.2) is 4.39 Å². The third kappa shape index (κ3) is 3.89. The Morgan fingerprint density at radius 2 is 1.83 bits per heavy atom. The number of hydrogen-bond donors (Lipinski definition) is 0. The molecule has 0 saturated carbocycles. The fourth-order valence-corrected chi connectivity index (χ4v) is 3.64. The number of amides is 1. The average molecular weight is 408 g/mol. The maximum absolute atomic E-state index is 13.0. The largest absolute Gasteiger partial charge is 0.487 e. The summed E-state index contributed by atoms with van der Waals surface area (Å²) >= 11 is 6.39. The van der Waals surface area contributed by atoms with E-state index in [0.717, 1.165) is 22.4 Å². The lowest BCUT2D eigenvalue weighted by Gasteiger charge is -2.13. The summed E-state index contributed by atoms with van der Waals surface area (Å²) < 4.78 is 18.7. The minimum Gasteiger partial charge on any atom is -0.487 e. The highest BCUT2D eigenvalue weighted by molar-refractivity contribution is 6.36. The van der Waals surface area contributed by atoms with Crippen molar-refractivity contribution < 1.29 is 13.9 Å². The number of nitrogens with zero attached hydrogens (tertiary/aromatic N) is 1. The van der Waals surface area contributed by atoms with E-state index in [0.29, 0.717) is 22.9 Å². The standard InChI is InChI=1S/C24H19ClFNO2/c1-2-27-22-6-4-3-5-19(22)20(24(27)28)13-17-9-12-23(21(25)14-17)29-15-16-7-10-18(26)11-8-16/h3-14H,2,15H2,1H3/b20-13-. The van der Waals surface area contributed by atoms with Crippen LogP contribution in [0.25, 0.3) is 11.6 Å². The first-order valence-corrected chi connectivity index (χ1v) is 9.74. The van der Waals surface area contributed by atoms with Gasteiger partial charge in [0.2, 0.25) is 0 Å². The lowest BCUT2D eigenvalue weighted by molar-refractivity contribution is -0.112. The van der Waals surface area contributed by atoms with Crippen molar-refractivity contribution in [1.82, 2.24) is 0 Å². The molecule has 0 N–H and O–H groups in total. The molecule has 3 aromatic carbocycles. The maximum Gasteiger partial charge on any atom is 0.258 e. The second-order valence-corrected chi connectivity index (χ2v) is 7.14. The topological polar surface area (TPSA) is 29.5 Å². The molecular weight excluding hydrogens is 389 g/mol. The Morgan fingerprint density at radius 3 is 2.55 bits per heavy atom. The summed E-state index contributed by atoms with van der Waals surface area (Å²) in [5.41, 5.74) is 4.17. The van der Waals surface area contributed by atoms with Gasteiger partial charge in [0.15, 0.2) is 0 Å². The van der Waals surface area contributed by atoms with Gasteiger partial charge in [-0.05, 0) is 54.5 Å². The number of benzene rings is 3. The number of rotatable bonds is 5. The predicted molar refractivity (Wildman–Crippen MR) is 115 cm³/mol. The fourth-order valence-electron chi connectivity index (χ4n) is 3.39. The average Bonchev–Trinajstić information content (AvgIpc) is 2.99. The van der Waals surface area contributed by atoms with E-state index in [9.17, 15) is 9.18 Å². The number of fused-ring (bicyclic) bond motifs is 1. The van der Waals surface area contributed by atoms with Gasteiger partial charge in [-0.3, -0.25) is 4.79 Å². The van der Waals surface area contributed by atoms with Crippen molar-refractivity contribution in [2.45, 2.75) is 13.5 Å². The van der Waals surface area contributed by atoms with Crippen LogP contribution >= 0.6 is 11.6 Å². The number of hydrogen-bond acceptors (Lipinski definition) is 2. The van der Waals surface area contributed by atoms with E-state index >= 15 is 0 Å². The van der Waals surface area contributed by atoms with Gasteiger partial charge in [0.25, 0.3) is 5.91 Å². The Morgan fingerprint density at radius 1 is 1.07 bits per heavy atom. The van der Waals surface area contributed by atoms with Gasteiger partial charge >= 0.3 is 0 Å². The van der Waals surface area contributed by atoms with Gasteiger partial charge in [-0.2, -0.15) is 0 Å². The second-order valence-electron chi connectivity index (χ2n) is 6.73. The van der Waals surface area contributed by atoms with E-state index in [2.05, 4.69) is 0 Å². The van der Waals surface area contributed by atoms with E-state index in [1.165, 1.54) is 12.1 Å². The quantitative estimate of drug-likeness (QED) is 0.488. The maximum atomic E-state index is 13.0. The van der Waals surface area contributed by atoms with E-state index in [4.69, 9.17) is 16.3 Å². The van der Waals surface area contributed by atoms with Crippen LogP contribution in [0.15, 0.2) is 66.7 Å². The molecule has 0 saturated heterocycles. The van der Waals surface area contributed by atoms with E-state index < -0.39 is 0 Å². The number of carbonyl (C=O) groups excluding carboxylic acids is 1. The molecule has 5 heteroatoms. The number of anilines is 1. The van der Waals surface area contributed by atoms with Crippen molar-refractivity contribution >= 4 is 34.8 Å². The van der Waals surface area contributed by atoms with Crippen molar-refractivity contribution in [3.8, 4) is 5.75 Å². The number of halogens is 2. The molecule has 3 aromatic rings. The molecule has 29 heavy (non-hydrogen) atoms. The van der Waals surface area contributed by atoms with Gasteiger partial charge in [0, 0.05) is 17.7 Å². The lowest BCUT2D eigenvalue weighted by Crippen LogP contribution is -2.25. The van der Waals surface area contributed by atoms with Gasteiger partial charge in [-0.1, -0.05) is 48.0 Å². The molecule has 3 nitrogen and oxygen atoms in total. The smallest absolute Gasteiger partial charge is 0.258 e. The molecule has 0 spiro atoms. The summed E-state index contributed by atoms with van der Waals surface area (Å²) in [5, 5.41) is 0.451. The molecule has 0 fully saturated rings. The molecule has 0 radical (unpaired) electrons. The molecule has 1 amide bonds. The van der Waals surface area contributed by atoms with E-state index in [1.54, 1.807) is 29.2 Å². The minimum atomic E-state index is -0.283. The molecule has 0 bridgehead atoms. The third-order valence-electron chi connectivity index (χ3n) is 4.85. The van der Waals surface area contributed by atoms with Crippen molar-refractivity contribution in [2.24, 2.45) is 0 Å². The summed E-state index contributed by atoms with van der Waals surface area (Å²) in [4.78, 5) is 14.6. The van der Waals surface area contributed by atoms with E-state index in [-0.39, 0.29) is 18.3 Å². The molecule has 4 rings (SSSR count). The number of para-hydroxylation sites is 1. The van der Waals surface area contributed by atoms with Crippen LogP contribution in [0.2, 0.25) is 5.02 Å². The number of likely N-dealkylation sites (N-methyl/N-ethyl adjacent to an activating group) is 1. The van der Waals surface area contributed by atoms with Crippen molar-refractivity contribution in [3.63, 3.8) is 0 Å². The van der Waals surface area contributed by atoms with Gasteiger partial charge in [-0.15, -0.1) is 0 Å². The van der Waals surface area contributed by atoms with Gasteiger partial charge < -0.3 is 9.64 Å². The Kier molecular flexibility index (Phi) is 5.36. The number of ether oxygens (including phenoxy) is 1. The van der Waals surface area contributed by atoms with Crippen LogP contribution in [-0.4, -0.2) is 12.5 Å². The Hall–Kier alpha value is -3.11. The molecule has 1 aliphatic heterocycles. The molecule has 1 heterocycles. The van der Waals surface area contributed by atoms with Crippen LogP contribution in [0.3, 0.4) is 0 Å². The first kappa shape index (κ1) is 19.2. The summed E-state index contributed by atoms with van der Waals surface area (Å²) in [7, 11) is 0. The molecule has 0 atom stereocenters. The highest BCUT2D eigenvalue weighted by Crippen LogP contribution is 2.38. The van der Waals surface area contributed by atoms with E-state index in [1.807, 2.05) is 43.3 Å². The second kappa shape index (κ2) is 8.10. The van der Waals surface area contributed by atoms with Crippen molar-refractivity contribution in [2.75, 3.05) is 11.4 Å². The van der Waals surface area contributed by atoms with Gasteiger partial charge in [0.05, 0.1) is 10.7 Å². The molecule has 146 valence electrons. The van der Waals surface area contributed by atoms with Crippen LogP contribution in [0, 0.1) is 5.82 Å². The fraction of sp³-hybridized carbons (Fsp3) is 0.125. The van der Waals surface area contributed by atoms with Gasteiger partial charge in [0.1, 0.15) is 18.2 Å². The SMILES string of the molecule is CCN1C(=O)/C(=C\c2ccc(OCc3ccc(F)cc3)c(Cl)c2)c2ccccc21. The molecule has 0 aromatic heterocycles. The zero-order valence-electron chi connectivity index (χ0n) is 15.9. The Labute approximate surface area is 174 Å². The summed E-state index contributed by atoms with van der Waals surface area (Å²) in [6, 6.07) is 19.3. The number of carbonyl (C=O) groups is 1. The van der Waals surface area contributed by atoms with Crippen LogP contribution < -0.4 is 9.64 Å². The first-order chi connectivity index (χ1) is 14.1. The minimum absolute atomic E-state index is 0.0125. The summed E-state index contributed by atoms with van der Waals surface area (Å²) in [5.74, 6) is 0.238. The lowest BCUT2D eigenvalue weighted by atomic mass is 10.0. The zero-order chi connectivity index (χ0) is 20.4. The Balaban J connectivity index is 1.56. The normalized spacial score (nSPS) is 14.4. The van der Waals surface area contributed by atoms with Crippen molar-refractivity contribution in [1.29, 1.82) is 0 Å². The van der Waals surface area contributed by atoms with Crippen LogP contribution in [0.5, 0.6) is 5.75 Å². The highest BCUT2D eigenvalue weighted by atomic mass is 35.5. The monoisotopic (exact) mass is 407 g/mol. The first-order valence-electron chi connectivity index (χ1n) is 9.36.